The van der Waals surface area contributed by atoms with Crippen molar-refractivity contribution < 1.29 is 4.79 Å². The Morgan fingerprint density at radius 3 is 2.44 bits per heavy atom. The summed E-state index contributed by atoms with van der Waals surface area (Å²) in [6.45, 7) is 8.23. The molecule has 0 spiro atoms. The molecule has 1 N–H and O–H groups in total. The minimum atomic E-state index is -0.0607. The highest BCUT2D eigenvalue weighted by atomic mass is 16.1. The van der Waals surface area contributed by atoms with E-state index in [-0.39, 0.29) is 11.9 Å². The Hall–Kier alpha value is -1.38. The first-order chi connectivity index (χ1) is 8.47. The first-order valence-corrected chi connectivity index (χ1v) is 6.80. The van der Waals surface area contributed by atoms with Crippen molar-refractivity contribution in [2.24, 2.45) is 0 Å². The fraction of sp³-hybridized carbons (Fsp3) is 0.600. The van der Waals surface area contributed by atoms with Crippen LogP contribution in [0.15, 0.2) is 12.1 Å². The van der Waals surface area contributed by atoms with Crippen LogP contribution in [0.5, 0.6) is 0 Å². The van der Waals surface area contributed by atoms with Gasteiger partial charge in [0.25, 0.3) is 5.91 Å². The fourth-order valence-electron chi connectivity index (χ4n) is 1.95. The van der Waals surface area contributed by atoms with Crippen LogP contribution in [0.2, 0.25) is 0 Å². The van der Waals surface area contributed by atoms with Gasteiger partial charge in [-0.15, -0.1) is 0 Å². The number of nitrogens with one attached hydrogen (secondary N) is 1. The van der Waals surface area contributed by atoms with Gasteiger partial charge in [0.2, 0.25) is 0 Å². The molecule has 1 aliphatic carbocycles. The van der Waals surface area contributed by atoms with E-state index in [2.05, 4.69) is 30.2 Å². The third-order valence-corrected chi connectivity index (χ3v) is 3.18. The Morgan fingerprint density at radius 1 is 1.28 bits per heavy atom. The molecule has 98 valence electrons. The number of amides is 1. The normalized spacial score (nSPS) is 15.2. The second-order valence-electron chi connectivity index (χ2n) is 5.77. The predicted octanol–water partition coefficient (Wildman–Crippen LogP) is 3.22. The highest BCUT2D eigenvalue weighted by molar-refractivity contribution is 5.92. The maximum Gasteiger partial charge on any atom is 0.270 e. The smallest absolute Gasteiger partial charge is 0.270 e. The number of aromatic nitrogens is 1. The lowest BCUT2D eigenvalue weighted by molar-refractivity contribution is 0.0937. The summed E-state index contributed by atoms with van der Waals surface area (Å²) in [6, 6.07) is 4.23. The zero-order valence-corrected chi connectivity index (χ0v) is 11.7. The fourth-order valence-corrected chi connectivity index (χ4v) is 1.95. The number of nitrogens with zero attached hydrogens (tertiary/aromatic N) is 1. The lowest BCUT2D eigenvalue weighted by Gasteiger charge is -2.12. The molecule has 1 heterocycles. The van der Waals surface area contributed by atoms with Gasteiger partial charge in [0.05, 0.1) is 0 Å². The molecule has 0 aromatic carbocycles. The van der Waals surface area contributed by atoms with Crippen molar-refractivity contribution in [2.75, 3.05) is 0 Å². The standard InChI is InChI=1S/C15H22N2O/c1-9(2)12-7-13(11-5-6-11)17-14(8-12)15(18)16-10(3)4/h7-11H,5-6H2,1-4H3,(H,16,18). The van der Waals surface area contributed by atoms with Crippen LogP contribution in [-0.4, -0.2) is 16.9 Å². The molecule has 1 aliphatic rings. The topological polar surface area (TPSA) is 42.0 Å². The lowest BCUT2D eigenvalue weighted by Crippen LogP contribution is -2.31. The van der Waals surface area contributed by atoms with E-state index in [4.69, 9.17) is 0 Å². The summed E-state index contributed by atoms with van der Waals surface area (Å²) in [6.07, 6.45) is 2.42. The number of pyridine rings is 1. The molecular weight excluding hydrogens is 224 g/mol. The molecule has 0 aliphatic heterocycles. The van der Waals surface area contributed by atoms with E-state index in [1.54, 1.807) is 0 Å². The Labute approximate surface area is 109 Å². The van der Waals surface area contributed by atoms with Gasteiger partial charge < -0.3 is 5.32 Å². The van der Waals surface area contributed by atoms with Crippen LogP contribution in [0.25, 0.3) is 0 Å². The van der Waals surface area contributed by atoms with Crippen molar-refractivity contribution in [2.45, 2.75) is 58.4 Å². The number of rotatable bonds is 4. The molecule has 1 aromatic rings. The van der Waals surface area contributed by atoms with Gasteiger partial charge in [-0.3, -0.25) is 4.79 Å². The van der Waals surface area contributed by atoms with Gasteiger partial charge >= 0.3 is 0 Å². The van der Waals surface area contributed by atoms with E-state index in [1.165, 1.54) is 18.4 Å². The van der Waals surface area contributed by atoms with Crippen molar-refractivity contribution in [3.8, 4) is 0 Å². The minimum absolute atomic E-state index is 0.0607. The summed E-state index contributed by atoms with van der Waals surface area (Å²) >= 11 is 0. The van der Waals surface area contributed by atoms with Gasteiger partial charge in [-0.1, -0.05) is 13.8 Å². The molecular formula is C15H22N2O. The Bertz CT molecular complexity index is 428. The van der Waals surface area contributed by atoms with Gasteiger partial charge in [-0.2, -0.15) is 0 Å². The Balaban J connectivity index is 2.30. The second-order valence-corrected chi connectivity index (χ2v) is 5.77. The summed E-state index contributed by atoms with van der Waals surface area (Å²) in [5, 5.41) is 2.91. The molecule has 0 saturated heterocycles. The van der Waals surface area contributed by atoms with E-state index in [9.17, 15) is 4.79 Å². The van der Waals surface area contributed by atoms with Crippen molar-refractivity contribution in [1.29, 1.82) is 0 Å². The molecule has 1 fully saturated rings. The predicted molar refractivity (Wildman–Crippen MR) is 72.9 cm³/mol. The molecule has 0 radical (unpaired) electrons. The van der Waals surface area contributed by atoms with E-state index >= 15 is 0 Å². The largest absolute Gasteiger partial charge is 0.349 e. The lowest BCUT2D eigenvalue weighted by atomic mass is 10.0. The zero-order valence-electron chi connectivity index (χ0n) is 11.7. The first kappa shape index (κ1) is 13.1. The molecule has 1 saturated carbocycles. The summed E-state index contributed by atoms with van der Waals surface area (Å²) in [5.74, 6) is 0.944. The molecule has 3 heteroatoms. The van der Waals surface area contributed by atoms with E-state index in [0.717, 1.165) is 5.69 Å². The maximum absolute atomic E-state index is 12.1. The van der Waals surface area contributed by atoms with Crippen LogP contribution in [0, 0.1) is 0 Å². The van der Waals surface area contributed by atoms with Crippen LogP contribution >= 0.6 is 0 Å². The number of hydrogen-bond donors (Lipinski definition) is 1. The van der Waals surface area contributed by atoms with Gasteiger partial charge in [0, 0.05) is 17.7 Å². The van der Waals surface area contributed by atoms with Gasteiger partial charge in [0.1, 0.15) is 5.69 Å². The highest BCUT2D eigenvalue weighted by Gasteiger charge is 2.26. The van der Waals surface area contributed by atoms with Crippen LogP contribution in [0.4, 0.5) is 0 Å². The molecule has 0 atom stereocenters. The average Bonchev–Trinajstić information content (AvgIpc) is 3.11. The molecule has 3 nitrogen and oxygen atoms in total. The number of carbonyl (C=O) groups excluding carboxylic acids is 1. The molecule has 0 unspecified atom stereocenters. The third kappa shape index (κ3) is 3.09. The summed E-state index contributed by atoms with van der Waals surface area (Å²) in [4.78, 5) is 16.6. The van der Waals surface area contributed by atoms with Crippen LogP contribution in [-0.2, 0) is 0 Å². The van der Waals surface area contributed by atoms with Gasteiger partial charge in [-0.05, 0) is 50.3 Å². The van der Waals surface area contributed by atoms with Gasteiger partial charge in [-0.25, -0.2) is 4.98 Å². The highest BCUT2D eigenvalue weighted by Crippen LogP contribution is 2.39. The van der Waals surface area contributed by atoms with Crippen molar-refractivity contribution in [3.05, 3.63) is 29.1 Å². The maximum atomic E-state index is 12.1. The second kappa shape index (κ2) is 5.09. The number of hydrogen-bond acceptors (Lipinski definition) is 2. The Kier molecular flexibility index (Phi) is 3.69. The first-order valence-electron chi connectivity index (χ1n) is 6.80. The van der Waals surface area contributed by atoms with E-state index < -0.39 is 0 Å². The quantitative estimate of drug-likeness (QED) is 0.886. The van der Waals surface area contributed by atoms with Crippen LogP contribution in [0.3, 0.4) is 0 Å². The SMILES string of the molecule is CC(C)NC(=O)c1cc(C(C)C)cc(C2CC2)n1. The number of carbonyl (C=O) groups is 1. The Morgan fingerprint density at radius 2 is 1.94 bits per heavy atom. The monoisotopic (exact) mass is 246 g/mol. The summed E-state index contributed by atoms with van der Waals surface area (Å²) in [5.41, 5.74) is 2.87. The van der Waals surface area contributed by atoms with E-state index in [1.807, 2.05) is 19.9 Å². The van der Waals surface area contributed by atoms with Crippen LogP contribution in [0.1, 0.15) is 74.1 Å². The van der Waals surface area contributed by atoms with Crippen LogP contribution < -0.4 is 5.32 Å². The molecule has 1 aromatic heterocycles. The van der Waals surface area contributed by atoms with Gasteiger partial charge in [0.15, 0.2) is 0 Å². The van der Waals surface area contributed by atoms with Crippen molar-refractivity contribution in [3.63, 3.8) is 0 Å². The molecule has 0 bridgehead atoms. The third-order valence-electron chi connectivity index (χ3n) is 3.18. The molecule has 18 heavy (non-hydrogen) atoms. The minimum Gasteiger partial charge on any atom is -0.349 e. The summed E-state index contributed by atoms with van der Waals surface area (Å²) in [7, 11) is 0. The average molecular weight is 246 g/mol. The van der Waals surface area contributed by atoms with E-state index in [0.29, 0.717) is 17.5 Å². The molecule has 1 amide bonds. The van der Waals surface area contributed by atoms with Crippen molar-refractivity contribution >= 4 is 5.91 Å². The zero-order chi connectivity index (χ0) is 13.3. The summed E-state index contributed by atoms with van der Waals surface area (Å²) < 4.78 is 0. The molecule has 2 rings (SSSR count). The van der Waals surface area contributed by atoms with Crippen molar-refractivity contribution in [1.82, 2.24) is 10.3 Å².